The quantitative estimate of drug-likeness (QED) is 0.625. The van der Waals surface area contributed by atoms with Crippen molar-refractivity contribution in [3.05, 3.63) is 0 Å². The van der Waals surface area contributed by atoms with Crippen molar-refractivity contribution in [2.45, 2.75) is 60.8 Å². The molecule has 4 aliphatic carbocycles. The van der Waals surface area contributed by atoms with Gasteiger partial charge in [0.25, 0.3) is 0 Å². The van der Waals surface area contributed by atoms with Crippen LogP contribution in [0.15, 0.2) is 0 Å². The van der Waals surface area contributed by atoms with Crippen LogP contribution in [-0.4, -0.2) is 0 Å². The fourth-order valence-electron chi connectivity index (χ4n) is 8.06. The highest BCUT2D eigenvalue weighted by Crippen LogP contribution is 2.79. The van der Waals surface area contributed by atoms with E-state index in [4.69, 9.17) is 0 Å². The maximum absolute atomic E-state index is 2.61. The molecule has 4 saturated carbocycles. The second kappa shape index (κ2) is 4.05. The van der Waals surface area contributed by atoms with Crippen LogP contribution >= 0.6 is 0 Å². The van der Waals surface area contributed by atoms with Gasteiger partial charge in [-0.05, 0) is 83.9 Å². The Balaban J connectivity index is 1.71. The molecule has 2 bridgehead atoms. The number of hydrogen-bond donors (Lipinski definition) is 0. The molecule has 0 aromatic rings. The van der Waals surface area contributed by atoms with Gasteiger partial charge in [0.1, 0.15) is 0 Å². The first-order chi connectivity index (χ1) is 9.39. The fraction of sp³-hybridized carbons (Fsp3) is 1.00. The Morgan fingerprint density at radius 2 is 1.65 bits per heavy atom. The third-order valence-corrected chi connectivity index (χ3v) is 8.97. The van der Waals surface area contributed by atoms with Crippen molar-refractivity contribution < 1.29 is 0 Å². The molecule has 4 aliphatic rings. The normalized spacial score (nSPS) is 61.4. The zero-order valence-electron chi connectivity index (χ0n) is 14.4. The van der Waals surface area contributed by atoms with Crippen molar-refractivity contribution in [1.82, 2.24) is 0 Å². The van der Waals surface area contributed by atoms with Gasteiger partial charge in [-0.25, -0.2) is 0 Å². The maximum atomic E-state index is 2.61. The summed E-state index contributed by atoms with van der Waals surface area (Å²) in [6.07, 6.45) is 4.72. The number of rotatable bonds is 2. The maximum Gasteiger partial charge on any atom is -0.0204 e. The highest BCUT2D eigenvalue weighted by Gasteiger charge is 2.74. The molecule has 114 valence electrons. The lowest BCUT2D eigenvalue weighted by molar-refractivity contribution is -0.0968. The monoisotopic (exact) mass is 274 g/mol. The largest absolute Gasteiger partial charge is 0.0625 e. The molecule has 0 spiro atoms. The van der Waals surface area contributed by atoms with Crippen LogP contribution in [0.3, 0.4) is 0 Å². The molecule has 10 unspecified atom stereocenters. The summed E-state index contributed by atoms with van der Waals surface area (Å²) in [6, 6.07) is 0. The van der Waals surface area contributed by atoms with Gasteiger partial charge in [-0.3, -0.25) is 0 Å². The molecule has 20 heavy (non-hydrogen) atoms. The first-order valence-electron chi connectivity index (χ1n) is 9.39. The fourth-order valence-corrected chi connectivity index (χ4v) is 8.06. The van der Waals surface area contributed by atoms with Gasteiger partial charge in [-0.1, -0.05) is 41.5 Å². The van der Waals surface area contributed by atoms with Crippen molar-refractivity contribution in [3.63, 3.8) is 0 Å². The molecule has 0 heteroatoms. The molecule has 0 N–H and O–H groups in total. The third kappa shape index (κ3) is 1.40. The minimum Gasteiger partial charge on any atom is -0.0625 e. The summed E-state index contributed by atoms with van der Waals surface area (Å²) in [5, 5.41) is 0. The van der Waals surface area contributed by atoms with Gasteiger partial charge in [0.2, 0.25) is 0 Å². The van der Waals surface area contributed by atoms with Crippen LogP contribution in [0.25, 0.3) is 0 Å². The van der Waals surface area contributed by atoms with Gasteiger partial charge in [0.15, 0.2) is 0 Å². The molecule has 0 radical (unpaired) electrons. The average molecular weight is 274 g/mol. The molecular formula is C20H34. The Kier molecular flexibility index (Phi) is 2.76. The lowest BCUT2D eigenvalue weighted by atomic mass is 9.47. The van der Waals surface area contributed by atoms with Crippen molar-refractivity contribution in [1.29, 1.82) is 0 Å². The second-order valence-electron chi connectivity index (χ2n) is 9.66. The molecule has 0 nitrogen and oxygen atoms in total. The van der Waals surface area contributed by atoms with Crippen LogP contribution in [0, 0.1) is 64.6 Å². The minimum atomic E-state index is 0.738. The minimum absolute atomic E-state index is 0.738. The van der Waals surface area contributed by atoms with Crippen LogP contribution in [0.1, 0.15) is 60.8 Å². The van der Waals surface area contributed by atoms with E-state index in [-0.39, 0.29) is 0 Å². The Morgan fingerprint density at radius 1 is 0.950 bits per heavy atom. The molecule has 0 amide bonds. The zero-order chi connectivity index (χ0) is 14.4. The van der Waals surface area contributed by atoms with Gasteiger partial charge >= 0.3 is 0 Å². The molecular weight excluding hydrogens is 240 g/mol. The predicted molar refractivity (Wildman–Crippen MR) is 85.2 cm³/mol. The van der Waals surface area contributed by atoms with Gasteiger partial charge < -0.3 is 0 Å². The molecule has 0 heterocycles. The standard InChI is InChI=1S/C20H34/c1-10(2)13(5)20-9-15-7-11(3)17-12(4)18(16(17)8-15)19(20)14(20)6/h10-19H,7-9H2,1-6H3. The van der Waals surface area contributed by atoms with Crippen LogP contribution in [0.5, 0.6) is 0 Å². The summed E-state index contributed by atoms with van der Waals surface area (Å²) in [6.45, 7) is 15.3. The van der Waals surface area contributed by atoms with Crippen LogP contribution in [0.2, 0.25) is 0 Å². The van der Waals surface area contributed by atoms with E-state index in [2.05, 4.69) is 41.5 Å². The second-order valence-corrected chi connectivity index (χ2v) is 9.66. The lowest BCUT2D eigenvalue weighted by Gasteiger charge is -2.58. The highest BCUT2D eigenvalue weighted by atomic mass is 14.8. The Bertz CT molecular complexity index is 410. The molecule has 4 fully saturated rings. The van der Waals surface area contributed by atoms with E-state index in [0.29, 0.717) is 0 Å². The van der Waals surface area contributed by atoms with E-state index in [0.717, 1.165) is 64.6 Å². The molecule has 0 aromatic heterocycles. The Labute approximate surface area is 126 Å². The number of fused-ring (bicyclic) bond motifs is 3. The third-order valence-electron chi connectivity index (χ3n) is 8.97. The van der Waals surface area contributed by atoms with Crippen LogP contribution in [0.4, 0.5) is 0 Å². The van der Waals surface area contributed by atoms with Crippen LogP contribution in [-0.2, 0) is 0 Å². The van der Waals surface area contributed by atoms with Crippen molar-refractivity contribution in [2.24, 2.45) is 64.6 Å². The molecule has 10 atom stereocenters. The zero-order valence-corrected chi connectivity index (χ0v) is 14.4. The molecule has 4 rings (SSSR count). The number of hydrogen-bond acceptors (Lipinski definition) is 0. The van der Waals surface area contributed by atoms with Crippen LogP contribution < -0.4 is 0 Å². The summed E-state index contributed by atoms with van der Waals surface area (Å²) < 4.78 is 0. The smallest absolute Gasteiger partial charge is 0.0204 e. The summed E-state index contributed by atoms with van der Waals surface area (Å²) in [7, 11) is 0. The first kappa shape index (κ1) is 13.6. The molecule has 0 aromatic carbocycles. The summed E-state index contributed by atoms with van der Waals surface area (Å²) in [4.78, 5) is 0. The predicted octanol–water partition coefficient (Wildman–Crippen LogP) is 5.48. The summed E-state index contributed by atoms with van der Waals surface area (Å²) >= 11 is 0. The Morgan fingerprint density at radius 3 is 2.30 bits per heavy atom. The summed E-state index contributed by atoms with van der Waals surface area (Å²) in [5.41, 5.74) is 0.738. The highest BCUT2D eigenvalue weighted by molar-refractivity contribution is 5.21. The van der Waals surface area contributed by atoms with E-state index < -0.39 is 0 Å². The van der Waals surface area contributed by atoms with Gasteiger partial charge in [0.05, 0.1) is 0 Å². The summed E-state index contributed by atoms with van der Waals surface area (Å²) in [5.74, 6) is 10.3. The van der Waals surface area contributed by atoms with E-state index in [9.17, 15) is 0 Å². The van der Waals surface area contributed by atoms with Gasteiger partial charge in [-0.15, -0.1) is 0 Å². The van der Waals surface area contributed by atoms with E-state index in [1.165, 1.54) is 0 Å². The molecule has 0 saturated heterocycles. The SMILES string of the molecule is CC(C)C(C)C12CC3CC(C)C4C(C)C(C4C3)C1C2C. The Hall–Kier alpha value is 0. The van der Waals surface area contributed by atoms with E-state index in [1.807, 2.05) is 0 Å². The first-order valence-corrected chi connectivity index (χ1v) is 9.39. The van der Waals surface area contributed by atoms with Crippen molar-refractivity contribution >= 4 is 0 Å². The van der Waals surface area contributed by atoms with Crippen molar-refractivity contribution in [2.75, 3.05) is 0 Å². The average Bonchev–Trinajstić information content (AvgIpc) is 2.94. The van der Waals surface area contributed by atoms with E-state index in [1.54, 1.807) is 19.3 Å². The lowest BCUT2D eigenvalue weighted by Crippen LogP contribution is -2.52. The van der Waals surface area contributed by atoms with Gasteiger partial charge in [0, 0.05) is 0 Å². The topological polar surface area (TPSA) is 0 Å². The molecule has 0 aliphatic heterocycles. The van der Waals surface area contributed by atoms with E-state index >= 15 is 0 Å². The van der Waals surface area contributed by atoms with Crippen molar-refractivity contribution in [3.8, 4) is 0 Å². The van der Waals surface area contributed by atoms with Gasteiger partial charge in [-0.2, -0.15) is 0 Å².